The number of hydrogen-bond donors (Lipinski definition) is 0. The van der Waals surface area contributed by atoms with Crippen LogP contribution in [-0.4, -0.2) is 27.7 Å². The topological polar surface area (TPSA) is 3.24 Å². The first kappa shape index (κ1) is 21.7. The zero-order chi connectivity index (χ0) is 21.1. The standard InChI is InChI=1S/C27H34BIN/c1-5-7-20(6-2)25-14-10-22-18-23(28-3)11-15-26(22)27(25)21-8-12-24(13-9-21)30-17-16-29(4)19-30/h5-9,11-13,15,18,25,27H,10,14,16-17,19H2,1-4H3/b7-5-,20-6+. The van der Waals surface area contributed by atoms with Gasteiger partial charge in [0, 0.05) is 0 Å². The van der Waals surface area contributed by atoms with Crippen LogP contribution in [0.2, 0.25) is 6.82 Å². The van der Waals surface area contributed by atoms with E-state index in [0.717, 1.165) is 0 Å². The van der Waals surface area contributed by atoms with Crippen molar-refractivity contribution >= 4 is 38.2 Å². The van der Waals surface area contributed by atoms with Gasteiger partial charge in [-0.3, -0.25) is 0 Å². The minimum absolute atomic E-state index is 0.434. The van der Waals surface area contributed by atoms with E-state index in [-0.39, 0.29) is 0 Å². The number of anilines is 1. The van der Waals surface area contributed by atoms with Gasteiger partial charge in [-0.15, -0.1) is 0 Å². The van der Waals surface area contributed by atoms with Gasteiger partial charge in [-0.05, 0) is 0 Å². The molecule has 1 aliphatic heterocycles. The molecule has 1 fully saturated rings. The van der Waals surface area contributed by atoms with E-state index in [4.69, 9.17) is 0 Å². The third-order valence-electron chi connectivity index (χ3n) is 6.73. The first-order chi connectivity index (χ1) is 14.6. The molecular formula is C27H34BIN. The summed E-state index contributed by atoms with van der Waals surface area (Å²) in [5, 5.41) is 0. The molecule has 30 heavy (non-hydrogen) atoms. The van der Waals surface area contributed by atoms with Gasteiger partial charge >= 0.3 is 185 Å². The van der Waals surface area contributed by atoms with Crippen molar-refractivity contribution in [3.05, 3.63) is 83.0 Å². The second-order valence-corrected chi connectivity index (χ2v) is 14.4. The normalized spacial score (nSPS) is 23.1. The monoisotopic (exact) mass is 510 g/mol. The van der Waals surface area contributed by atoms with Crippen LogP contribution in [0.25, 0.3) is 0 Å². The molecule has 2 aliphatic rings. The van der Waals surface area contributed by atoms with E-state index < -0.39 is 19.8 Å². The molecule has 0 spiro atoms. The fourth-order valence-electron chi connectivity index (χ4n) is 5.12. The molecule has 0 bridgehead atoms. The van der Waals surface area contributed by atoms with Crippen molar-refractivity contribution in [3.63, 3.8) is 0 Å². The number of nitrogens with zero attached hydrogens (tertiary/aromatic N) is 1. The van der Waals surface area contributed by atoms with Crippen LogP contribution >= 0.6 is 19.8 Å². The fourth-order valence-corrected chi connectivity index (χ4v) is 9.01. The Morgan fingerprint density at radius 1 is 1.13 bits per heavy atom. The van der Waals surface area contributed by atoms with Gasteiger partial charge in [0.05, 0.1) is 0 Å². The van der Waals surface area contributed by atoms with Gasteiger partial charge in [0.2, 0.25) is 0 Å². The summed E-state index contributed by atoms with van der Waals surface area (Å²) in [4.78, 5) is 5.13. The van der Waals surface area contributed by atoms with E-state index in [1.165, 1.54) is 61.8 Å². The molecule has 1 nitrogen and oxygen atoms in total. The summed E-state index contributed by atoms with van der Waals surface area (Å²) in [6.45, 7) is 7.72. The van der Waals surface area contributed by atoms with Crippen LogP contribution < -0.4 is 10.4 Å². The van der Waals surface area contributed by atoms with Crippen molar-refractivity contribution in [2.75, 3.05) is 25.4 Å². The Hall–Kier alpha value is -1.49. The molecule has 2 aromatic rings. The second kappa shape index (κ2) is 9.76. The summed E-state index contributed by atoms with van der Waals surface area (Å²) >= 11 is -0.665. The number of allylic oxidation sites excluding steroid dienone is 4. The molecule has 0 aromatic heterocycles. The summed E-state index contributed by atoms with van der Waals surface area (Å²) in [7, 11) is 2.22. The number of aryl methyl sites for hydroxylation is 1. The van der Waals surface area contributed by atoms with Gasteiger partial charge in [-0.25, -0.2) is 0 Å². The quantitative estimate of drug-likeness (QED) is 0.152. The van der Waals surface area contributed by atoms with Crippen molar-refractivity contribution < 1.29 is 0 Å². The molecule has 1 saturated heterocycles. The molecule has 2 atom stereocenters. The summed E-state index contributed by atoms with van der Waals surface area (Å²) in [6, 6.07) is 16.7. The maximum atomic E-state index is 2.61. The summed E-state index contributed by atoms with van der Waals surface area (Å²) < 4.78 is 2.81. The van der Waals surface area contributed by atoms with E-state index in [0.29, 0.717) is 11.8 Å². The Morgan fingerprint density at radius 2 is 1.93 bits per heavy atom. The molecule has 3 heteroatoms. The third-order valence-corrected chi connectivity index (χ3v) is 11.0. The van der Waals surface area contributed by atoms with E-state index >= 15 is 0 Å². The Morgan fingerprint density at radius 3 is 2.57 bits per heavy atom. The minimum atomic E-state index is -0.665. The van der Waals surface area contributed by atoms with Gasteiger partial charge in [-0.2, -0.15) is 0 Å². The second-order valence-electron chi connectivity index (χ2n) is 8.55. The Bertz CT molecular complexity index is 930. The SMILES string of the molecule is C[B]c1ccc2c(c1)CCC(C(/C=C\C)=C/C)C2c1ccc(N2CCI(C)C2)cc1. The van der Waals surface area contributed by atoms with Gasteiger partial charge in [0.1, 0.15) is 0 Å². The predicted molar refractivity (Wildman–Crippen MR) is 143 cm³/mol. The number of hydrogen-bond acceptors (Lipinski definition) is 1. The van der Waals surface area contributed by atoms with Crippen LogP contribution in [0.3, 0.4) is 0 Å². The van der Waals surface area contributed by atoms with Crippen molar-refractivity contribution in [3.8, 4) is 0 Å². The molecule has 4 rings (SSSR count). The molecule has 1 heterocycles. The van der Waals surface area contributed by atoms with E-state index in [1.54, 1.807) is 0 Å². The Labute approximate surface area is 191 Å². The van der Waals surface area contributed by atoms with Crippen molar-refractivity contribution in [1.29, 1.82) is 0 Å². The number of benzene rings is 2. The molecule has 2 unspecified atom stereocenters. The molecule has 157 valence electrons. The molecule has 0 amide bonds. The number of alkyl halides is 3. The summed E-state index contributed by atoms with van der Waals surface area (Å²) in [6.07, 6.45) is 9.22. The maximum absolute atomic E-state index is 2.61. The summed E-state index contributed by atoms with van der Waals surface area (Å²) in [5.74, 6) is 0.977. The van der Waals surface area contributed by atoms with Crippen molar-refractivity contribution in [2.24, 2.45) is 5.92 Å². The van der Waals surface area contributed by atoms with Crippen molar-refractivity contribution in [1.82, 2.24) is 0 Å². The van der Waals surface area contributed by atoms with Crippen LogP contribution in [-0.2, 0) is 6.42 Å². The van der Waals surface area contributed by atoms with Gasteiger partial charge in [-0.1, -0.05) is 6.82 Å². The van der Waals surface area contributed by atoms with Crippen LogP contribution in [0.15, 0.2) is 66.3 Å². The zero-order valence-corrected chi connectivity index (χ0v) is 21.0. The molecule has 2 aromatic carbocycles. The zero-order valence-electron chi connectivity index (χ0n) is 18.9. The first-order valence-electron chi connectivity index (χ1n) is 11.2. The number of rotatable bonds is 5. The van der Waals surface area contributed by atoms with Crippen LogP contribution in [0.1, 0.15) is 42.9 Å². The third kappa shape index (κ3) is 4.42. The van der Waals surface area contributed by atoms with Gasteiger partial charge < -0.3 is 0 Å². The van der Waals surface area contributed by atoms with Crippen molar-refractivity contribution in [2.45, 2.75) is 39.4 Å². The average Bonchev–Trinajstić information content (AvgIpc) is 3.22. The Balaban J connectivity index is 1.72. The average molecular weight is 510 g/mol. The molecular weight excluding hydrogens is 476 g/mol. The molecule has 0 N–H and O–H groups in total. The molecule has 1 radical (unpaired) electrons. The van der Waals surface area contributed by atoms with Crippen LogP contribution in [0.5, 0.6) is 0 Å². The summed E-state index contributed by atoms with van der Waals surface area (Å²) in [5.41, 5.74) is 8.76. The first-order valence-corrected chi connectivity index (χ1v) is 16.4. The van der Waals surface area contributed by atoms with Crippen LogP contribution in [0.4, 0.5) is 5.69 Å². The predicted octanol–water partition coefficient (Wildman–Crippen LogP) is 6.19. The van der Waals surface area contributed by atoms with Gasteiger partial charge in [0.15, 0.2) is 0 Å². The van der Waals surface area contributed by atoms with E-state index in [9.17, 15) is 0 Å². The number of fused-ring (bicyclic) bond motifs is 1. The van der Waals surface area contributed by atoms with E-state index in [1.807, 2.05) is 0 Å². The Kier molecular flexibility index (Phi) is 7.07. The molecule has 0 saturated carbocycles. The molecule has 1 aliphatic carbocycles. The van der Waals surface area contributed by atoms with E-state index in [2.05, 4.69) is 98.5 Å². The van der Waals surface area contributed by atoms with Crippen LogP contribution in [0, 0.1) is 5.92 Å². The number of halogens is 1. The fraction of sp³-hybridized carbons (Fsp3) is 0.407. The van der Waals surface area contributed by atoms with Gasteiger partial charge in [0.25, 0.3) is 0 Å².